The normalized spacial score (nSPS) is 17.9. The summed E-state index contributed by atoms with van der Waals surface area (Å²) >= 11 is 0. The van der Waals surface area contributed by atoms with Gasteiger partial charge in [-0.2, -0.15) is 18.3 Å². The maximum Gasteiger partial charge on any atom is 0.490 e. The first-order valence-corrected chi connectivity index (χ1v) is 13.3. The summed E-state index contributed by atoms with van der Waals surface area (Å²) in [5, 5.41) is 12.0. The van der Waals surface area contributed by atoms with Crippen LogP contribution in [0.15, 0.2) is 53.3 Å². The number of carbonyl (C=O) groups excluding carboxylic acids is 1. The second-order valence-corrected chi connectivity index (χ2v) is 10.2. The van der Waals surface area contributed by atoms with Crippen LogP contribution < -0.4 is 4.74 Å². The lowest BCUT2D eigenvalue weighted by Gasteiger charge is -2.44. The third-order valence-corrected chi connectivity index (χ3v) is 7.68. The summed E-state index contributed by atoms with van der Waals surface area (Å²) in [5.41, 5.74) is 3.04. The number of carboxylic acids is 1. The number of aromatic nitrogens is 2. The van der Waals surface area contributed by atoms with Crippen molar-refractivity contribution in [3.05, 3.63) is 60.2 Å². The molecule has 0 bridgehead atoms. The Morgan fingerprint density at radius 3 is 2.35 bits per heavy atom. The predicted molar refractivity (Wildman–Crippen MR) is 138 cm³/mol. The molecule has 1 spiro atoms. The average Bonchev–Trinajstić information content (AvgIpc) is 3.71. The lowest BCUT2D eigenvalue weighted by atomic mass is 9.81. The standard InChI is InChI=1S/C26H30N4O3.C2HF3O2/c31-24(18-20-6-5-17-32-20)29-13-9-26(10-14-29)22-19-27-30(16-15-28-11-3-4-12-28)25(22)21-7-1-2-8-23(21)33-26;3-2(4,5)1(6)7/h1-2,5-8,17,19H,3-4,9-16,18H2;(H,6,7). The maximum atomic E-state index is 12.8. The number of furan rings is 1. The lowest BCUT2D eigenvalue weighted by Crippen LogP contribution is -2.49. The molecular weight excluding hydrogens is 529 g/mol. The van der Waals surface area contributed by atoms with Gasteiger partial charge in [0.05, 0.1) is 31.1 Å². The molecule has 1 amide bonds. The molecule has 6 rings (SSSR count). The molecule has 3 aromatic rings. The molecule has 0 radical (unpaired) electrons. The summed E-state index contributed by atoms with van der Waals surface area (Å²) in [6.45, 7) is 5.62. The molecule has 0 atom stereocenters. The van der Waals surface area contributed by atoms with Gasteiger partial charge >= 0.3 is 12.1 Å². The number of benzene rings is 1. The van der Waals surface area contributed by atoms with Crippen molar-refractivity contribution in [3.63, 3.8) is 0 Å². The Morgan fingerprint density at radius 1 is 1.00 bits per heavy atom. The van der Waals surface area contributed by atoms with Crippen LogP contribution in [0.25, 0.3) is 11.3 Å². The minimum absolute atomic E-state index is 0.109. The summed E-state index contributed by atoms with van der Waals surface area (Å²) in [6, 6.07) is 12.0. The second-order valence-electron chi connectivity index (χ2n) is 10.2. The van der Waals surface area contributed by atoms with Crippen molar-refractivity contribution in [1.29, 1.82) is 0 Å². The monoisotopic (exact) mass is 560 g/mol. The fourth-order valence-electron chi connectivity index (χ4n) is 5.59. The van der Waals surface area contributed by atoms with E-state index in [4.69, 9.17) is 24.2 Å². The number of fused-ring (bicyclic) bond motifs is 4. The number of ether oxygens (including phenoxy) is 1. The number of piperidine rings is 1. The molecule has 3 aliphatic rings. The first kappa shape index (κ1) is 27.8. The Bertz CT molecular complexity index is 1320. The van der Waals surface area contributed by atoms with Crippen LogP contribution in [-0.2, 0) is 28.2 Å². The molecular formula is C28H31F3N4O5. The number of likely N-dealkylation sites (tertiary alicyclic amines) is 2. The molecule has 5 heterocycles. The summed E-state index contributed by atoms with van der Waals surface area (Å²) in [6.07, 6.45) is 2.97. The number of hydrogen-bond acceptors (Lipinski definition) is 6. The van der Waals surface area contributed by atoms with Gasteiger partial charge in [0.15, 0.2) is 0 Å². The Labute approximate surface area is 229 Å². The molecule has 2 fully saturated rings. The smallest absolute Gasteiger partial charge is 0.482 e. The number of halogens is 3. The summed E-state index contributed by atoms with van der Waals surface area (Å²) in [4.78, 5) is 26.2. The van der Waals surface area contributed by atoms with E-state index in [-0.39, 0.29) is 5.91 Å². The molecule has 0 aliphatic carbocycles. The van der Waals surface area contributed by atoms with Gasteiger partial charge < -0.3 is 24.1 Å². The lowest BCUT2D eigenvalue weighted by molar-refractivity contribution is -0.192. The molecule has 1 N–H and O–H groups in total. The first-order valence-electron chi connectivity index (χ1n) is 13.3. The van der Waals surface area contributed by atoms with Gasteiger partial charge in [0.25, 0.3) is 0 Å². The fraction of sp³-hybridized carbons (Fsp3) is 0.464. The zero-order valence-electron chi connectivity index (χ0n) is 21.9. The SMILES string of the molecule is O=C(Cc1ccco1)N1CCC2(CC1)Oc1ccccc1-c1c2cnn1CCN1CCCC1.O=C(O)C(F)(F)F. The molecule has 1 aromatic carbocycles. The quantitative estimate of drug-likeness (QED) is 0.496. The predicted octanol–water partition coefficient (Wildman–Crippen LogP) is 4.33. The number of hydrogen-bond donors (Lipinski definition) is 1. The highest BCUT2D eigenvalue weighted by molar-refractivity contribution is 5.78. The number of para-hydroxylation sites is 1. The highest BCUT2D eigenvalue weighted by Crippen LogP contribution is 2.49. The van der Waals surface area contributed by atoms with Crippen LogP contribution in [0.2, 0.25) is 0 Å². The van der Waals surface area contributed by atoms with E-state index in [1.54, 1.807) is 6.26 Å². The van der Waals surface area contributed by atoms with Gasteiger partial charge in [0, 0.05) is 43.6 Å². The van der Waals surface area contributed by atoms with E-state index < -0.39 is 17.7 Å². The van der Waals surface area contributed by atoms with Crippen LogP contribution in [0, 0.1) is 0 Å². The van der Waals surface area contributed by atoms with Gasteiger partial charge in [-0.05, 0) is 50.2 Å². The van der Waals surface area contributed by atoms with Crippen molar-refractivity contribution in [1.82, 2.24) is 19.6 Å². The number of carboxylic acid groups (broad SMARTS) is 1. The Hall–Kier alpha value is -3.80. The van der Waals surface area contributed by atoms with Crippen LogP contribution in [0.5, 0.6) is 5.75 Å². The van der Waals surface area contributed by atoms with Crippen molar-refractivity contribution in [2.24, 2.45) is 0 Å². The largest absolute Gasteiger partial charge is 0.490 e. The van der Waals surface area contributed by atoms with E-state index in [2.05, 4.69) is 27.8 Å². The molecule has 214 valence electrons. The van der Waals surface area contributed by atoms with E-state index in [9.17, 15) is 18.0 Å². The van der Waals surface area contributed by atoms with Crippen molar-refractivity contribution < 1.29 is 37.0 Å². The van der Waals surface area contributed by atoms with Crippen molar-refractivity contribution in [2.75, 3.05) is 32.7 Å². The van der Waals surface area contributed by atoms with Crippen molar-refractivity contribution >= 4 is 11.9 Å². The van der Waals surface area contributed by atoms with Gasteiger partial charge in [-0.3, -0.25) is 9.48 Å². The fourth-order valence-corrected chi connectivity index (χ4v) is 5.59. The van der Waals surface area contributed by atoms with Gasteiger partial charge in [-0.25, -0.2) is 4.79 Å². The van der Waals surface area contributed by atoms with Crippen LogP contribution >= 0.6 is 0 Å². The molecule has 12 heteroatoms. The molecule has 3 aliphatic heterocycles. The van der Waals surface area contributed by atoms with E-state index in [0.29, 0.717) is 25.3 Å². The van der Waals surface area contributed by atoms with Crippen LogP contribution in [0.3, 0.4) is 0 Å². The number of alkyl halides is 3. The van der Waals surface area contributed by atoms with Gasteiger partial charge in [0.2, 0.25) is 5.91 Å². The maximum absolute atomic E-state index is 12.8. The molecule has 40 heavy (non-hydrogen) atoms. The van der Waals surface area contributed by atoms with E-state index in [1.807, 2.05) is 29.3 Å². The van der Waals surface area contributed by atoms with Crippen LogP contribution in [0.4, 0.5) is 13.2 Å². The summed E-state index contributed by atoms with van der Waals surface area (Å²) in [7, 11) is 0. The Morgan fingerprint density at radius 2 is 1.70 bits per heavy atom. The van der Waals surface area contributed by atoms with Gasteiger partial charge in [-0.1, -0.05) is 12.1 Å². The molecule has 0 saturated carbocycles. The number of rotatable bonds is 5. The van der Waals surface area contributed by atoms with Gasteiger partial charge in [0.1, 0.15) is 17.1 Å². The number of nitrogens with zero attached hydrogens (tertiary/aromatic N) is 4. The first-order chi connectivity index (χ1) is 19.2. The molecule has 2 saturated heterocycles. The second kappa shape index (κ2) is 11.4. The van der Waals surface area contributed by atoms with Crippen molar-refractivity contribution in [2.45, 2.75) is 50.4 Å². The zero-order valence-corrected chi connectivity index (χ0v) is 21.9. The molecule has 0 unspecified atom stereocenters. The average molecular weight is 561 g/mol. The number of amides is 1. The number of aliphatic carboxylic acids is 1. The third kappa shape index (κ3) is 5.86. The van der Waals surface area contributed by atoms with Crippen LogP contribution in [0.1, 0.15) is 37.0 Å². The van der Waals surface area contributed by atoms with E-state index in [1.165, 1.54) is 37.2 Å². The van der Waals surface area contributed by atoms with Crippen molar-refractivity contribution in [3.8, 4) is 17.0 Å². The highest BCUT2D eigenvalue weighted by atomic mass is 19.4. The summed E-state index contributed by atoms with van der Waals surface area (Å²) < 4.78 is 46.0. The van der Waals surface area contributed by atoms with Gasteiger partial charge in [-0.15, -0.1) is 0 Å². The molecule has 2 aromatic heterocycles. The Kier molecular flexibility index (Phi) is 7.88. The Balaban J connectivity index is 0.000000411. The van der Waals surface area contributed by atoms with E-state index in [0.717, 1.165) is 37.2 Å². The third-order valence-electron chi connectivity index (χ3n) is 7.68. The van der Waals surface area contributed by atoms with Crippen LogP contribution in [-0.4, -0.2) is 75.5 Å². The highest BCUT2D eigenvalue weighted by Gasteiger charge is 2.46. The topological polar surface area (TPSA) is 101 Å². The minimum atomic E-state index is -5.08. The zero-order chi connectivity index (χ0) is 28.3. The number of carbonyl (C=O) groups is 2. The minimum Gasteiger partial charge on any atom is -0.482 e. The van der Waals surface area contributed by atoms with E-state index >= 15 is 0 Å². The molecule has 9 nitrogen and oxygen atoms in total. The summed E-state index contributed by atoms with van der Waals surface area (Å²) in [5.74, 6) is -1.02.